The fourth-order valence-electron chi connectivity index (χ4n) is 1.88. The summed E-state index contributed by atoms with van der Waals surface area (Å²) in [5.41, 5.74) is 2.27. The maximum atomic E-state index is 11.4. The highest BCUT2D eigenvalue weighted by Gasteiger charge is 2.12. The predicted octanol–water partition coefficient (Wildman–Crippen LogP) is 2.99. The molecule has 1 aromatic carbocycles. The Balaban J connectivity index is 2.17. The van der Waals surface area contributed by atoms with Gasteiger partial charge in [0.1, 0.15) is 5.75 Å². The van der Waals surface area contributed by atoms with Crippen LogP contribution in [0.15, 0.2) is 53.9 Å². The van der Waals surface area contributed by atoms with E-state index in [-0.39, 0.29) is 6.54 Å². The lowest BCUT2D eigenvalue weighted by Crippen LogP contribution is -2.24. The standard InChI is InChI=1S/C16H17N3O3/c1-12(14-7-9-17-10-8-14)18-19(16(20)21)11-13-3-5-15(22-2)6-4-13/h3-10H,11H2,1-2H3,(H,20,21)/b18-12+. The molecule has 6 heteroatoms. The summed E-state index contributed by atoms with van der Waals surface area (Å²) in [6, 6.07) is 10.8. The van der Waals surface area contributed by atoms with Gasteiger partial charge in [-0.3, -0.25) is 4.98 Å². The van der Waals surface area contributed by atoms with E-state index in [0.29, 0.717) is 5.71 Å². The van der Waals surface area contributed by atoms with Gasteiger partial charge in [-0.15, -0.1) is 0 Å². The molecular formula is C16H17N3O3. The van der Waals surface area contributed by atoms with Crippen LogP contribution in [0, 0.1) is 0 Å². The van der Waals surface area contributed by atoms with E-state index in [1.807, 2.05) is 12.1 Å². The molecule has 2 rings (SSSR count). The van der Waals surface area contributed by atoms with Gasteiger partial charge in [0, 0.05) is 18.0 Å². The van der Waals surface area contributed by atoms with Gasteiger partial charge in [-0.05, 0) is 36.8 Å². The number of carbonyl (C=O) groups is 1. The van der Waals surface area contributed by atoms with Crippen molar-refractivity contribution in [2.24, 2.45) is 5.10 Å². The predicted molar refractivity (Wildman–Crippen MR) is 83.0 cm³/mol. The minimum Gasteiger partial charge on any atom is -0.497 e. The molecule has 0 aliphatic rings. The Hall–Kier alpha value is -2.89. The fourth-order valence-corrected chi connectivity index (χ4v) is 1.88. The topological polar surface area (TPSA) is 75.0 Å². The molecule has 0 spiro atoms. The van der Waals surface area contributed by atoms with Gasteiger partial charge in [-0.2, -0.15) is 10.1 Å². The Morgan fingerprint density at radius 1 is 1.23 bits per heavy atom. The highest BCUT2D eigenvalue weighted by molar-refractivity contribution is 5.98. The van der Waals surface area contributed by atoms with Gasteiger partial charge in [0.05, 0.1) is 19.4 Å². The monoisotopic (exact) mass is 299 g/mol. The molecule has 0 bridgehead atoms. The number of hydrogen-bond donors (Lipinski definition) is 1. The zero-order valence-electron chi connectivity index (χ0n) is 12.4. The number of methoxy groups -OCH3 is 1. The number of hydrazone groups is 1. The average molecular weight is 299 g/mol. The number of benzene rings is 1. The molecule has 0 unspecified atom stereocenters. The summed E-state index contributed by atoms with van der Waals surface area (Å²) in [5, 5.41) is 14.5. The number of nitrogens with zero attached hydrogens (tertiary/aromatic N) is 3. The molecule has 0 aliphatic carbocycles. The average Bonchev–Trinajstić information content (AvgIpc) is 2.55. The third kappa shape index (κ3) is 4.05. The lowest BCUT2D eigenvalue weighted by atomic mass is 10.2. The molecule has 1 amide bonds. The number of carboxylic acid groups (broad SMARTS) is 1. The van der Waals surface area contributed by atoms with E-state index in [4.69, 9.17) is 4.74 Å². The van der Waals surface area contributed by atoms with Gasteiger partial charge >= 0.3 is 6.09 Å². The van der Waals surface area contributed by atoms with Crippen LogP contribution in [0.4, 0.5) is 4.79 Å². The van der Waals surface area contributed by atoms with Crippen LogP contribution < -0.4 is 4.74 Å². The summed E-state index contributed by atoms with van der Waals surface area (Å²) in [6.45, 7) is 1.93. The van der Waals surface area contributed by atoms with Gasteiger partial charge in [-0.25, -0.2) is 4.79 Å². The Morgan fingerprint density at radius 3 is 2.41 bits per heavy atom. The first-order valence-corrected chi connectivity index (χ1v) is 6.69. The van der Waals surface area contributed by atoms with Crippen LogP contribution in [0.5, 0.6) is 5.75 Å². The third-order valence-electron chi connectivity index (χ3n) is 3.08. The van der Waals surface area contributed by atoms with E-state index in [0.717, 1.165) is 21.9 Å². The lowest BCUT2D eigenvalue weighted by molar-refractivity contribution is 0.144. The van der Waals surface area contributed by atoms with Gasteiger partial charge in [-0.1, -0.05) is 12.1 Å². The highest BCUT2D eigenvalue weighted by atomic mass is 16.5. The number of aromatic nitrogens is 1. The van der Waals surface area contributed by atoms with Gasteiger partial charge in [0.2, 0.25) is 0 Å². The highest BCUT2D eigenvalue weighted by Crippen LogP contribution is 2.14. The zero-order valence-corrected chi connectivity index (χ0v) is 12.4. The molecule has 2 aromatic rings. The molecular weight excluding hydrogens is 282 g/mol. The lowest BCUT2D eigenvalue weighted by Gasteiger charge is -2.15. The Morgan fingerprint density at radius 2 is 1.86 bits per heavy atom. The summed E-state index contributed by atoms with van der Waals surface area (Å²) in [4.78, 5) is 15.3. The number of rotatable bonds is 5. The molecule has 22 heavy (non-hydrogen) atoms. The quantitative estimate of drug-likeness (QED) is 0.680. The number of amides is 1. The maximum absolute atomic E-state index is 11.4. The molecule has 0 radical (unpaired) electrons. The number of hydrogen-bond acceptors (Lipinski definition) is 4. The van der Waals surface area contributed by atoms with Gasteiger partial charge in [0.25, 0.3) is 0 Å². The molecule has 0 saturated carbocycles. The molecule has 0 fully saturated rings. The van der Waals surface area contributed by atoms with E-state index in [1.54, 1.807) is 50.7 Å². The van der Waals surface area contributed by atoms with Crippen LogP contribution in [0.25, 0.3) is 0 Å². The van der Waals surface area contributed by atoms with E-state index in [9.17, 15) is 9.90 Å². The van der Waals surface area contributed by atoms with Crippen molar-refractivity contribution in [2.75, 3.05) is 7.11 Å². The summed E-state index contributed by atoms with van der Waals surface area (Å²) in [5.74, 6) is 0.724. The van der Waals surface area contributed by atoms with Crippen LogP contribution >= 0.6 is 0 Å². The molecule has 114 valence electrons. The van der Waals surface area contributed by atoms with E-state index in [1.165, 1.54) is 0 Å². The van der Waals surface area contributed by atoms with Crippen molar-refractivity contribution in [3.05, 3.63) is 59.9 Å². The normalized spacial score (nSPS) is 11.1. The third-order valence-corrected chi connectivity index (χ3v) is 3.08. The van der Waals surface area contributed by atoms with Crippen molar-refractivity contribution >= 4 is 11.8 Å². The second-order valence-corrected chi connectivity index (χ2v) is 4.61. The van der Waals surface area contributed by atoms with Crippen LogP contribution in [0.2, 0.25) is 0 Å². The van der Waals surface area contributed by atoms with Crippen LogP contribution in [-0.4, -0.2) is 34.0 Å². The summed E-state index contributed by atoms with van der Waals surface area (Å²) in [6.07, 6.45) is 2.18. The van der Waals surface area contributed by atoms with E-state index in [2.05, 4.69) is 10.1 Å². The van der Waals surface area contributed by atoms with Crippen LogP contribution in [0.1, 0.15) is 18.1 Å². The molecule has 0 aliphatic heterocycles. The Bertz CT molecular complexity index is 654. The molecule has 0 saturated heterocycles. The number of ether oxygens (including phenoxy) is 1. The summed E-state index contributed by atoms with van der Waals surface area (Å²) in [7, 11) is 1.58. The molecule has 1 heterocycles. The van der Waals surface area contributed by atoms with E-state index < -0.39 is 6.09 Å². The first kappa shape index (κ1) is 15.5. The minimum absolute atomic E-state index is 0.168. The second kappa shape index (κ2) is 7.21. The second-order valence-electron chi connectivity index (χ2n) is 4.61. The minimum atomic E-state index is -1.11. The van der Waals surface area contributed by atoms with Crippen molar-refractivity contribution in [1.29, 1.82) is 0 Å². The van der Waals surface area contributed by atoms with Gasteiger partial charge in [0.15, 0.2) is 0 Å². The molecule has 1 N–H and O–H groups in total. The SMILES string of the molecule is COc1ccc(CN(/N=C(\C)c2ccncc2)C(=O)O)cc1. The van der Waals surface area contributed by atoms with Crippen molar-refractivity contribution in [3.8, 4) is 5.75 Å². The van der Waals surface area contributed by atoms with Crippen molar-refractivity contribution in [2.45, 2.75) is 13.5 Å². The molecule has 0 atom stereocenters. The van der Waals surface area contributed by atoms with Crippen LogP contribution in [-0.2, 0) is 6.54 Å². The Labute approximate surface area is 128 Å². The smallest absolute Gasteiger partial charge is 0.428 e. The van der Waals surface area contributed by atoms with Crippen molar-refractivity contribution in [3.63, 3.8) is 0 Å². The first-order valence-electron chi connectivity index (χ1n) is 6.69. The molecule has 1 aromatic heterocycles. The van der Waals surface area contributed by atoms with Crippen LogP contribution in [0.3, 0.4) is 0 Å². The van der Waals surface area contributed by atoms with E-state index >= 15 is 0 Å². The largest absolute Gasteiger partial charge is 0.497 e. The van der Waals surface area contributed by atoms with Crippen molar-refractivity contribution in [1.82, 2.24) is 9.99 Å². The summed E-state index contributed by atoms with van der Waals surface area (Å²) >= 11 is 0. The number of pyridine rings is 1. The maximum Gasteiger partial charge on any atom is 0.428 e. The molecule has 6 nitrogen and oxygen atoms in total. The first-order chi connectivity index (χ1) is 10.6. The van der Waals surface area contributed by atoms with Crippen molar-refractivity contribution < 1.29 is 14.6 Å². The Kier molecular flexibility index (Phi) is 5.08. The zero-order chi connectivity index (χ0) is 15.9. The summed E-state index contributed by atoms with van der Waals surface area (Å²) < 4.78 is 5.08. The fraction of sp³-hybridized carbons (Fsp3) is 0.188. The van der Waals surface area contributed by atoms with Gasteiger partial charge < -0.3 is 9.84 Å².